The number of benzene rings is 1. The first kappa shape index (κ1) is 18.2. The van der Waals surface area contributed by atoms with Crippen LogP contribution in [0.25, 0.3) is 0 Å². The number of allylic oxidation sites excluding steroid dienone is 1. The van der Waals surface area contributed by atoms with E-state index in [0.29, 0.717) is 5.54 Å². The lowest BCUT2D eigenvalue weighted by Crippen LogP contribution is -2.35. The molecule has 0 radical (unpaired) electrons. The third kappa shape index (κ3) is 7.10. The van der Waals surface area contributed by atoms with Crippen LogP contribution in [-0.2, 0) is 6.42 Å². The molecule has 2 heteroatoms. The average Bonchev–Trinajstić information content (AvgIpc) is 2.44. The molecule has 118 valence electrons. The molecule has 0 bridgehead atoms. The molecule has 0 aliphatic rings. The quantitative estimate of drug-likeness (QED) is 0.476. The first-order chi connectivity index (χ1) is 9.95. The summed E-state index contributed by atoms with van der Waals surface area (Å²) < 4.78 is 0. The Morgan fingerprint density at radius 3 is 2.38 bits per heavy atom. The van der Waals surface area contributed by atoms with Crippen molar-refractivity contribution in [2.45, 2.75) is 70.3 Å². The van der Waals surface area contributed by atoms with Crippen LogP contribution in [0, 0.1) is 0 Å². The van der Waals surface area contributed by atoms with Crippen molar-refractivity contribution in [3.8, 4) is 0 Å². The molecule has 1 aromatic rings. The van der Waals surface area contributed by atoms with E-state index in [0.717, 1.165) is 32.1 Å². The van der Waals surface area contributed by atoms with Crippen LogP contribution < -0.4 is 0 Å². The summed E-state index contributed by atoms with van der Waals surface area (Å²) in [6, 6.07) is 10.6. The fourth-order valence-corrected chi connectivity index (χ4v) is 4.76. The van der Waals surface area contributed by atoms with Gasteiger partial charge in [0.05, 0.1) is 14.2 Å². The Morgan fingerprint density at radius 2 is 1.81 bits per heavy atom. The standard InChI is InChI=1S/C19H32OSi/c1-5-6-15-18(20)19(21(2,3)4)16-11-10-14-17-12-8-7-9-13-17/h7-9,11-13,16,18-20H,5-6,10,14-15H2,1-4H3/b16-11-/t18-,19+/m0/s1. The summed E-state index contributed by atoms with van der Waals surface area (Å²) in [7, 11) is -1.37. The summed E-state index contributed by atoms with van der Waals surface area (Å²) in [4.78, 5) is 0. The molecule has 0 fully saturated rings. The number of hydrogen-bond donors (Lipinski definition) is 1. The summed E-state index contributed by atoms with van der Waals surface area (Å²) in [5.41, 5.74) is 1.76. The van der Waals surface area contributed by atoms with E-state index in [2.05, 4.69) is 69.0 Å². The maximum atomic E-state index is 10.5. The summed E-state index contributed by atoms with van der Waals surface area (Å²) in [6.45, 7) is 9.25. The smallest absolute Gasteiger partial charge is 0.0578 e. The normalized spacial score (nSPS) is 15.3. The SMILES string of the molecule is CCCC[C@H](O)[C@@H](/C=C\CCc1ccccc1)[Si](C)(C)C. The van der Waals surface area contributed by atoms with Gasteiger partial charge in [-0.1, -0.05) is 81.9 Å². The van der Waals surface area contributed by atoms with E-state index in [1.165, 1.54) is 5.56 Å². The number of aryl methyl sites for hydroxylation is 1. The van der Waals surface area contributed by atoms with Crippen molar-refractivity contribution >= 4 is 8.07 Å². The Hall–Kier alpha value is -0.863. The van der Waals surface area contributed by atoms with Gasteiger partial charge in [-0.3, -0.25) is 0 Å². The van der Waals surface area contributed by atoms with Gasteiger partial charge in [0, 0.05) is 0 Å². The predicted molar refractivity (Wildman–Crippen MR) is 96.5 cm³/mol. The van der Waals surface area contributed by atoms with Crippen molar-refractivity contribution in [3.05, 3.63) is 48.0 Å². The predicted octanol–water partition coefficient (Wildman–Crippen LogP) is 5.43. The molecule has 0 amide bonds. The van der Waals surface area contributed by atoms with Gasteiger partial charge in [0.2, 0.25) is 0 Å². The molecular formula is C19H32OSi. The topological polar surface area (TPSA) is 20.2 Å². The fraction of sp³-hybridized carbons (Fsp3) is 0.579. The number of unbranched alkanes of at least 4 members (excludes halogenated alkanes) is 1. The van der Waals surface area contributed by atoms with Gasteiger partial charge >= 0.3 is 0 Å². The van der Waals surface area contributed by atoms with Crippen molar-refractivity contribution in [1.29, 1.82) is 0 Å². The van der Waals surface area contributed by atoms with Gasteiger partial charge in [0.25, 0.3) is 0 Å². The van der Waals surface area contributed by atoms with Gasteiger partial charge in [-0.05, 0) is 30.4 Å². The van der Waals surface area contributed by atoms with Crippen molar-refractivity contribution < 1.29 is 5.11 Å². The Labute approximate surface area is 132 Å². The molecule has 0 aliphatic heterocycles. The Kier molecular flexibility index (Phi) is 7.98. The van der Waals surface area contributed by atoms with Gasteiger partial charge in [0.1, 0.15) is 0 Å². The third-order valence-electron chi connectivity index (χ3n) is 4.05. The first-order valence-corrected chi connectivity index (χ1v) is 11.9. The molecule has 2 atom stereocenters. The Bertz CT molecular complexity index is 405. The highest BCUT2D eigenvalue weighted by Crippen LogP contribution is 2.30. The highest BCUT2D eigenvalue weighted by Gasteiger charge is 2.30. The van der Waals surface area contributed by atoms with E-state index >= 15 is 0 Å². The molecule has 0 saturated carbocycles. The van der Waals surface area contributed by atoms with Gasteiger partial charge in [-0.25, -0.2) is 0 Å². The zero-order chi connectivity index (χ0) is 15.7. The molecule has 1 N–H and O–H groups in total. The number of rotatable bonds is 9. The molecule has 0 spiro atoms. The number of hydrogen-bond acceptors (Lipinski definition) is 1. The molecule has 1 nitrogen and oxygen atoms in total. The second-order valence-corrected chi connectivity index (χ2v) is 12.5. The van der Waals surface area contributed by atoms with Crippen LogP contribution in [0.2, 0.25) is 25.2 Å². The zero-order valence-electron chi connectivity index (χ0n) is 14.2. The molecule has 1 rings (SSSR count). The van der Waals surface area contributed by atoms with Crippen LogP contribution >= 0.6 is 0 Å². The lowest BCUT2D eigenvalue weighted by atomic mass is 10.1. The van der Waals surface area contributed by atoms with Crippen LogP contribution in [0.4, 0.5) is 0 Å². The molecule has 0 saturated heterocycles. The largest absolute Gasteiger partial charge is 0.393 e. The van der Waals surface area contributed by atoms with Crippen LogP contribution in [0.1, 0.15) is 38.2 Å². The fourth-order valence-electron chi connectivity index (χ4n) is 2.72. The first-order valence-electron chi connectivity index (χ1n) is 8.33. The van der Waals surface area contributed by atoms with Crippen molar-refractivity contribution in [1.82, 2.24) is 0 Å². The van der Waals surface area contributed by atoms with Gasteiger partial charge in [-0.15, -0.1) is 0 Å². The summed E-state index contributed by atoms with van der Waals surface area (Å²) in [6.07, 6.45) is 9.79. The molecular weight excluding hydrogens is 272 g/mol. The molecule has 1 aromatic carbocycles. The Balaban J connectivity index is 2.54. The van der Waals surface area contributed by atoms with Gasteiger partial charge < -0.3 is 5.11 Å². The lowest BCUT2D eigenvalue weighted by molar-refractivity contribution is 0.162. The molecule has 0 aliphatic carbocycles. The average molecular weight is 305 g/mol. The molecule has 0 heterocycles. The van der Waals surface area contributed by atoms with Gasteiger partial charge in [-0.2, -0.15) is 0 Å². The highest BCUT2D eigenvalue weighted by molar-refractivity contribution is 6.78. The van der Waals surface area contributed by atoms with Crippen LogP contribution in [0.5, 0.6) is 0 Å². The van der Waals surface area contributed by atoms with E-state index in [-0.39, 0.29) is 6.10 Å². The molecule has 21 heavy (non-hydrogen) atoms. The maximum absolute atomic E-state index is 10.5. The lowest BCUT2D eigenvalue weighted by Gasteiger charge is -2.30. The second kappa shape index (κ2) is 9.21. The Morgan fingerprint density at radius 1 is 1.14 bits per heavy atom. The summed E-state index contributed by atoms with van der Waals surface area (Å²) in [5, 5.41) is 10.5. The maximum Gasteiger partial charge on any atom is 0.0578 e. The van der Waals surface area contributed by atoms with E-state index < -0.39 is 8.07 Å². The number of aliphatic hydroxyl groups excluding tert-OH is 1. The zero-order valence-corrected chi connectivity index (χ0v) is 15.2. The van der Waals surface area contributed by atoms with E-state index in [9.17, 15) is 5.11 Å². The second-order valence-electron chi connectivity index (χ2n) is 7.05. The summed E-state index contributed by atoms with van der Waals surface area (Å²) >= 11 is 0. The molecule has 0 aromatic heterocycles. The van der Waals surface area contributed by atoms with E-state index in [1.54, 1.807) is 0 Å². The third-order valence-corrected chi connectivity index (χ3v) is 6.63. The van der Waals surface area contributed by atoms with Crippen molar-refractivity contribution in [2.24, 2.45) is 0 Å². The van der Waals surface area contributed by atoms with Crippen LogP contribution in [-0.4, -0.2) is 19.3 Å². The number of aliphatic hydroxyl groups is 1. The minimum absolute atomic E-state index is 0.162. The monoisotopic (exact) mass is 304 g/mol. The minimum Gasteiger partial charge on any atom is -0.393 e. The van der Waals surface area contributed by atoms with Crippen molar-refractivity contribution in [2.75, 3.05) is 0 Å². The van der Waals surface area contributed by atoms with E-state index in [4.69, 9.17) is 0 Å². The highest BCUT2D eigenvalue weighted by atomic mass is 28.3. The van der Waals surface area contributed by atoms with Crippen LogP contribution in [0.3, 0.4) is 0 Å². The molecule has 0 unspecified atom stereocenters. The van der Waals surface area contributed by atoms with Gasteiger partial charge in [0.15, 0.2) is 0 Å². The summed E-state index contributed by atoms with van der Waals surface area (Å²) in [5.74, 6) is 0. The van der Waals surface area contributed by atoms with E-state index in [1.807, 2.05) is 0 Å². The van der Waals surface area contributed by atoms with Crippen molar-refractivity contribution in [3.63, 3.8) is 0 Å². The minimum atomic E-state index is -1.37. The van der Waals surface area contributed by atoms with Crippen LogP contribution in [0.15, 0.2) is 42.5 Å².